The topological polar surface area (TPSA) is 46.9 Å². The van der Waals surface area contributed by atoms with Crippen LogP contribution in [0.1, 0.15) is 31.2 Å². The molecule has 0 fully saturated rings. The Kier molecular flexibility index (Phi) is 6.51. The number of hydrogen-bond donors (Lipinski definition) is 1. The molecule has 1 N–H and O–H groups in total. The lowest BCUT2D eigenvalue weighted by Crippen LogP contribution is -2.25. The van der Waals surface area contributed by atoms with Crippen LogP contribution in [0, 0.1) is 26.2 Å². The molecule has 1 aromatic rings. The van der Waals surface area contributed by atoms with E-state index in [0.29, 0.717) is 5.75 Å². The molecule has 0 radical (unpaired) electrons. The van der Waals surface area contributed by atoms with Crippen LogP contribution in [0.5, 0.6) is 0 Å². The summed E-state index contributed by atoms with van der Waals surface area (Å²) in [5.74, 6) is 2.69. The molecule has 0 aliphatic heterocycles. The fraction of sp³-hybridized carbons (Fsp3) is 0.571. The molecule has 0 atom stereocenters. The summed E-state index contributed by atoms with van der Waals surface area (Å²) in [5, 5.41) is 3.57. The first kappa shape index (κ1) is 15.6. The number of rotatable bonds is 7. The second-order valence-electron chi connectivity index (χ2n) is 4.34. The molecule has 0 unspecified atom stereocenters. The highest BCUT2D eigenvalue weighted by molar-refractivity contribution is 7.99. The monoisotopic (exact) mass is 279 g/mol. The molecule has 19 heavy (non-hydrogen) atoms. The minimum atomic E-state index is -0.0525. The zero-order valence-electron chi connectivity index (χ0n) is 11.8. The number of unbranched alkanes of at least 4 members (excludes halogenated alkanes) is 1. The van der Waals surface area contributed by atoms with Gasteiger partial charge in [-0.3, -0.25) is 4.79 Å². The van der Waals surface area contributed by atoms with Crippen molar-refractivity contribution in [3.63, 3.8) is 0 Å². The first-order valence-corrected chi connectivity index (χ1v) is 7.45. The zero-order chi connectivity index (χ0) is 14.3. The molecule has 1 heterocycles. The van der Waals surface area contributed by atoms with Gasteiger partial charge in [0, 0.05) is 12.2 Å². The van der Waals surface area contributed by atoms with Gasteiger partial charge in [0.05, 0.1) is 18.0 Å². The van der Waals surface area contributed by atoms with E-state index in [-0.39, 0.29) is 12.5 Å². The first-order chi connectivity index (χ1) is 9.10. The number of aromatic nitrogens is 2. The van der Waals surface area contributed by atoms with Crippen molar-refractivity contribution >= 4 is 17.7 Å². The molecule has 0 aliphatic rings. The molecule has 0 bridgehead atoms. The summed E-state index contributed by atoms with van der Waals surface area (Å²) < 4.78 is 2.19. The molecule has 104 valence electrons. The molecular weight excluding hydrogens is 258 g/mol. The first-order valence-electron chi connectivity index (χ1n) is 6.46. The maximum atomic E-state index is 11.5. The van der Waals surface area contributed by atoms with Gasteiger partial charge in [-0.25, -0.2) is 4.98 Å². The Hall–Kier alpha value is -1.41. The number of terminal acetylenes is 1. The fourth-order valence-electron chi connectivity index (χ4n) is 1.64. The third-order valence-electron chi connectivity index (χ3n) is 2.88. The summed E-state index contributed by atoms with van der Waals surface area (Å²) >= 11 is 1.46. The number of nitrogens with one attached hydrogen (secondary N) is 1. The van der Waals surface area contributed by atoms with E-state index in [4.69, 9.17) is 6.42 Å². The maximum absolute atomic E-state index is 11.5. The van der Waals surface area contributed by atoms with E-state index in [9.17, 15) is 4.79 Å². The van der Waals surface area contributed by atoms with Crippen molar-refractivity contribution in [2.45, 2.75) is 45.3 Å². The van der Waals surface area contributed by atoms with Gasteiger partial charge in [-0.05, 0) is 20.3 Å². The van der Waals surface area contributed by atoms with Crippen LogP contribution in [0.25, 0.3) is 0 Å². The van der Waals surface area contributed by atoms with E-state index in [1.54, 1.807) is 0 Å². The summed E-state index contributed by atoms with van der Waals surface area (Å²) in [4.78, 5) is 16.0. The third kappa shape index (κ3) is 4.64. The standard InChI is InChI=1S/C14H21N3OS/c1-5-7-9-17-12(4)11(3)16-14(17)19-10-13(18)15-8-6-2/h2H,5,7-10H2,1,3-4H3,(H,15,18). The Morgan fingerprint density at radius 1 is 1.53 bits per heavy atom. The minimum absolute atomic E-state index is 0.0525. The number of imidazole rings is 1. The number of carbonyl (C=O) groups excluding carboxylic acids is 1. The summed E-state index contributed by atoms with van der Waals surface area (Å²) in [5.41, 5.74) is 2.21. The van der Waals surface area contributed by atoms with Gasteiger partial charge in [0.25, 0.3) is 0 Å². The van der Waals surface area contributed by atoms with Crippen LogP contribution in [0.3, 0.4) is 0 Å². The second kappa shape index (κ2) is 7.90. The van der Waals surface area contributed by atoms with Gasteiger partial charge in [-0.2, -0.15) is 0 Å². The summed E-state index contributed by atoms with van der Waals surface area (Å²) in [7, 11) is 0. The number of thioether (sulfide) groups is 1. The molecule has 0 saturated carbocycles. The Labute approximate surface area is 119 Å². The molecule has 0 spiro atoms. The Bertz CT molecular complexity index is 474. The van der Waals surface area contributed by atoms with E-state index in [2.05, 4.69) is 34.6 Å². The van der Waals surface area contributed by atoms with Gasteiger partial charge >= 0.3 is 0 Å². The van der Waals surface area contributed by atoms with Crippen molar-refractivity contribution in [1.82, 2.24) is 14.9 Å². The van der Waals surface area contributed by atoms with Crippen molar-refractivity contribution in [3.05, 3.63) is 11.4 Å². The minimum Gasteiger partial charge on any atom is -0.344 e. The second-order valence-corrected chi connectivity index (χ2v) is 5.28. The zero-order valence-corrected chi connectivity index (χ0v) is 12.6. The normalized spacial score (nSPS) is 10.2. The molecule has 0 saturated heterocycles. The van der Waals surface area contributed by atoms with Crippen LogP contribution in [0.2, 0.25) is 0 Å². The van der Waals surface area contributed by atoms with E-state index < -0.39 is 0 Å². The predicted octanol–water partition coefficient (Wildman–Crippen LogP) is 2.14. The smallest absolute Gasteiger partial charge is 0.231 e. The molecular formula is C14H21N3OS. The number of nitrogens with zero attached hydrogens (tertiary/aromatic N) is 2. The van der Waals surface area contributed by atoms with Crippen LogP contribution in [0.4, 0.5) is 0 Å². The van der Waals surface area contributed by atoms with E-state index >= 15 is 0 Å². The van der Waals surface area contributed by atoms with Gasteiger partial charge in [0.2, 0.25) is 5.91 Å². The van der Waals surface area contributed by atoms with Crippen molar-refractivity contribution in [2.75, 3.05) is 12.3 Å². The van der Waals surface area contributed by atoms with Crippen molar-refractivity contribution in [3.8, 4) is 12.3 Å². The third-order valence-corrected chi connectivity index (χ3v) is 3.85. The molecule has 1 amide bonds. The highest BCUT2D eigenvalue weighted by atomic mass is 32.2. The van der Waals surface area contributed by atoms with E-state index in [0.717, 1.165) is 30.2 Å². The van der Waals surface area contributed by atoms with Crippen molar-refractivity contribution < 1.29 is 4.79 Å². The maximum Gasteiger partial charge on any atom is 0.231 e. The lowest BCUT2D eigenvalue weighted by atomic mass is 10.3. The summed E-state index contributed by atoms with van der Waals surface area (Å²) in [6, 6.07) is 0. The molecule has 0 aromatic carbocycles. The van der Waals surface area contributed by atoms with Crippen LogP contribution >= 0.6 is 11.8 Å². The van der Waals surface area contributed by atoms with Gasteiger partial charge in [-0.1, -0.05) is 31.0 Å². The largest absolute Gasteiger partial charge is 0.344 e. The number of aryl methyl sites for hydroxylation is 1. The molecule has 1 aromatic heterocycles. The van der Waals surface area contributed by atoms with Gasteiger partial charge < -0.3 is 9.88 Å². The van der Waals surface area contributed by atoms with E-state index in [1.165, 1.54) is 17.5 Å². The van der Waals surface area contributed by atoms with Crippen molar-refractivity contribution in [1.29, 1.82) is 0 Å². The highest BCUT2D eigenvalue weighted by Crippen LogP contribution is 2.21. The average Bonchev–Trinajstić information content (AvgIpc) is 2.67. The summed E-state index contributed by atoms with van der Waals surface area (Å²) in [6.45, 7) is 7.47. The van der Waals surface area contributed by atoms with E-state index in [1.807, 2.05) is 6.92 Å². The molecule has 0 aliphatic carbocycles. The quantitative estimate of drug-likeness (QED) is 0.614. The molecule has 5 heteroatoms. The number of hydrogen-bond acceptors (Lipinski definition) is 3. The molecule has 4 nitrogen and oxygen atoms in total. The fourth-order valence-corrected chi connectivity index (χ4v) is 2.59. The van der Waals surface area contributed by atoms with Gasteiger partial charge in [-0.15, -0.1) is 6.42 Å². The molecule has 1 rings (SSSR count). The Balaban J connectivity index is 2.64. The SMILES string of the molecule is C#CCNC(=O)CSc1nc(C)c(C)n1CCCC. The number of carbonyl (C=O) groups is 1. The van der Waals surface area contributed by atoms with Crippen LogP contribution in [-0.2, 0) is 11.3 Å². The van der Waals surface area contributed by atoms with Crippen LogP contribution < -0.4 is 5.32 Å². The highest BCUT2D eigenvalue weighted by Gasteiger charge is 2.12. The number of amides is 1. The Morgan fingerprint density at radius 2 is 2.26 bits per heavy atom. The lowest BCUT2D eigenvalue weighted by molar-refractivity contribution is -0.118. The van der Waals surface area contributed by atoms with Gasteiger partial charge in [0.1, 0.15) is 0 Å². The lowest BCUT2D eigenvalue weighted by Gasteiger charge is -2.08. The average molecular weight is 279 g/mol. The van der Waals surface area contributed by atoms with Gasteiger partial charge in [0.15, 0.2) is 5.16 Å². The Morgan fingerprint density at radius 3 is 2.89 bits per heavy atom. The van der Waals surface area contributed by atoms with Crippen LogP contribution in [0.15, 0.2) is 5.16 Å². The predicted molar refractivity (Wildman–Crippen MR) is 79.2 cm³/mol. The van der Waals surface area contributed by atoms with Crippen molar-refractivity contribution in [2.24, 2.45) is 0 Å². The van der Waals surface area contributed by atoms with Crippen LogP contribution in [-0.4, -0.2) is 27.8 Å². The summed E-state index contributed by atoms with van der Waals surface area (Å²) in [6.07, 6.45) is 7.36.